The zero-order valence-electron chi connectivity index (χ0n) is 15.8. The molecule has 0 aliphatic heterocycles. The number of aromatic amines is 1. The van der Waals surface area contributed by atoms with E-state index in [2.05, 4.69) is 9.97 Å². The van der Waals surface area contributed by atoms with Crippen LogP contribution in [-0.2, 0) is 9.53 Å². The van der Waals surface area contributed by atoms with Crippen molar-refractivity contribution in [3.63, 3.8) is 0 Å². The predicted octanol–water partition coefficient (Wildman–Crippen LogP) is 4.05. The molecule has 0 saturated carbocycles. The molecular formula is C21H18FN3O3S. The number of methoxy groups -OCH3 is 1. The fourth-order valence-corrected chi connectivity index (χ4v) is 4.27. The van der Waals surface area contributed by atoms with Gasteiger partial charge in [-0.2, -0.15) is 0 Å². The minimum absolute atomic E-state index is 0.0766. The van der Waals surface area contributed by atoms with Crippen LogP contribution in [0.15, 0.2) is 58.5 Å². The van der Waals surface area contributed by atoms with Gasteiger partial charge in [0.15, 0.2) is 5.16 Å². The van der Waals surface area contributed by atoms with E-state index in [0.29, 0.717) is 11.9 Å². The zero-order valence-corrected chi connectivity index (χ0v) is 16.6. The molecule has 0 amide bonds. The van der Waals surface area contributed by atoms with Crippen molar-refractivity contribution in [2.24, 2.45) is 0 Å². The van der Waals surface area contributed by atoms with Crippen molar-refractivity contribution < 1.29 is 13.9 Å². The molecule has 0 fully saturated rings. The molecule has 0 bridgehead atoms. The van der Waals surface area contributed by atoms with Crippen LogP contribution in [0.5, 0.6) is 0 Å². The second-order valence-electron chi connectivity index (χ2n) is 6.42. The van der Waals surface area contributed by atoms with E-state index in [1.807, 2.05) is 31.2 Å². The summed E-state index contributed by atoms with van der Waals surface area (Å²) in [6.45, 7) is 1.84. The summed E-state index contributed by atoms with van der Waals surface area (Å²) >= 11 is 1.09. The Balaban J connectivity index is 2.04. The van der Waals surface area contributed by atoms with E-state index in [9.17, 15) is 14.0 Å². The maximum atomic E-state index is 14.6. The number of para-hydroxylation sites is 2. The smallest absolute Gasteiger partial charge is 0.319 e. The molecule has 4 rings (SSSR count). The van der Waals surface area contributed by atoms with Crippen LogP contribution in [0, 0.1) is 5.82 Å². The highest BCUT2D eigenvalue weighted by Crippen LogP contribution is 2.30. The van der Waals surface area contributed by atoms with Gasteiger partial charge in [-0.15, -0.1) is 0 Å². The second-order valence-corrected chi connectivity index (χ2v) is 7.59. The van der Waals surface area contributed by atoms with Gasteiger partial charge in [0.2, 0.25) is 0 Å². The fourth-order valence-electron chi connectivity index (χ4n) is 3.22. The number of aromatic nitrogens is 3. The fraction of sp³-hybridized carbons (Fsp3) is 0.190. The summed E-state index contributed by atoms with van der Waals surface area (Å²) in [7, 11) is 1.31. The number of carbonyl (C=O) groups excluding carboxylic acids is 1. The van der Waals surface area contributed by atoms with Crippen molar-refractivity contribution in [3.05, 3.63) is 64.7 Å². The van der Waals surface area contributed by atoms with Crippen LogP contribution in [0.1, 0.15) is 13.3 Å². The third-order valence-corrected chi connectivity index (χ3v) is 5.97. The summed E-state index contributed by atoms with van der Waals surface area (Å²) in [4.78, 5) is 33.3. The molecular weight excluding hydrogens is 393 g/mol. The Morgan fingerprint density at radius 3 is 2.69 bits per heavy atom. The molecule has 0 aliphatic carbocycles. The minimum Gasteiger partial charge on any atom is -0.468 e. The first-order chi connectivity index (χ1) is 14.0. The number of benzene rings is 2. The highest BCUT2D eigenvalue weighted by atomic mass is 32.2. The monoisotopic (exact) mass is 411 g/mol. The maximum absolute atomic E-state index is 14.6. The summed E-state index contributed by atoms with van der Waals surface area (Å²) in [6, 6.07) is 13.4. The quantitative estimate of drug-likeness (QED) is 0.305. The van der Waals surface area contributed by atoms with Crippen LogP contribution in [0.4, 0.5) is 4.39 Å². The third-order valence-electron chi connectivity index (χ3n) is 4.67. The molecule has 0 radical (unpaired) electrons. The van der Waals surface area contributed by atoms with Crippen molar-refractivity contribution in [1.29, 1.82) is 0 Å². The first kappa shape index (κ1) is 19.2. The van der Waals surface area contributed by atoms with Gasteiger partial charge in [-0.05, 0) is 24.6 Å². The number of rotatable bonds is 5. The Morgan fingerprint density at radius 2 is 1.97 bits per heavy atom. The molecule has 29 heavy (non-hydrogen) atoms. The lowest BCUT2D eigenvalue weighted by Gasteiger charge is -2.16. The van der Waals surface area contributed by atoms with E-state index in [0.717, 1.165) is 22.7 Å². The van der Waals surface area contributed by atoms with E-state index < -0.39 is 22.6 Å². The molecule has 2 aromatic carbocycles. The minimum atomic E-state index is -0.576. The van der Waals surface area contributed by atoms with Gasteiger partial charge in [-0.3, -0.25) is 14.2 Å². The number of hydrogen-bond acceptors (Lipinski definition) is 5. The molecule has 0 spiro atoms. The van der Waals surface area contributed by atoms with Gasteiger partial charge >= 0.3 is 5.97 Å². The van der Waals surface area contributed by atoms with Crippen molar-refractivity contribution in [2.75, 3.05) is 7.11 Å². The standard InChI is InChI=1S/C21H18FN3O3S/c1-3-16(20(27)28-2)29-21-24-17-12-8-4-6-10-14(12)23-18(17)19(26)25(21)15-11-7-5-9-13(15)22/h4-11,16,23H,3H2,1-2H3/t16-/m1/s1. The molecule has 8 heteroatoms. The molecule has 4 aromatic rings. The molecule has 0 aliphatic rings. The van der Waals surface area contributed by atoms with Crippen LogP contribution in [0.2, 0.25) is 0 Å². The molecule has 2 aromatic heterocycles. The van der Waals surface area contributed by atoms with Crippen LogP contribution in [0.3, 0.4) is 0 Å². The number of ether oxygens (including phenoxy) is 1. The van der Waals surface area contributed by atoms with Gasteiger partial charge in [0.25, 0.3) is 5.56 Å². The predicted molar refractivity (Wildman–Crippen MR) is 111 cm³/mol. The number of carbonyl (C=O) groups is 1. The SMILES string of the molecule is CC[C@@H](Sc1nc2c([nH]c3ccccc32)c(=O)n1-c1ccccc1F)C(=O)OC. The number of hydrogen-bond donors (Lipinski definition) is 1. The number of nitrogens with zero attached hydrogens (tertiary/aromatic N) is 2. The third kappa shape index (κ3) is 3.29. The number of H-pyrrole nitrogens is 1. The Morgan fingerprint density at radius 1 is 1.24 bits per heavy atom. The average Bonchev–Trinajstić information content (AvgIpc) is 3.11. The van der Waals surface area contributed by atoms with Crippen LogP contribution >= 0.6 is 11.8 Å². The van der Waals surface area contributed by atoms with Crippen molar-refractivity contribution in [2.45, 2.75) is 23.8 Å². The molecule has 6 nitrogen and oxygen atoms in total. The molecule has 1 N–H and O–H groups in total. The lowest BCUT2D eigenvalue weighted by molar-refractivity contribution is -0.140. The highest BCUT2D eigenvalue weighted by Gasteiger charge is 2.25. The topological polar surface area (TPSA) is 77.0 Å². The van der Waals surface area contributed by atoms with Gasteiger partial charge in [-0.25, -0.2) is 9.37 Å². The molecule has 0 unspecified atom stereocenters. The Kier molecular flexibility index (Phi) is 5.10. The first-order valence-electron chi connectivity index (χ1n) is 9.08. The number of esters is 1. The number of nitrogens with one attached hydrogen (secondary N) is 1. The second kappa shape index (κ2) is 7.71. The van der Waals surface area contributed by atoms with E-state index in [4.69, 9.17) is 4.74 Å². The lowest BCUT2D eigenvalue weighted by Crippen LogP contribution is -2.25. The molecule has 148 valence electrons. The number of fused-ring (bicyclic) bond motifs is 3. The van der Waals surface area contributed by atoms with Gasteiger partial charge in [-0.1, -0.05) is 49.0 Å². The molecule has 2 heterocycles. The Labute approximate surface area is 169 Å². The van der Waals surface area contributed by atoms with Crippen molar-refractivity contribution in [3.8, 4) is 5.69 Å². The van der Waals surface area contributed by atoms with Crippen LogP contribution < -0.4 is 5.56 Å². The summed E-state index contributed by atoms with van der Waals surface area (Å²) in [6.07, 6.45) is 0.469. The van der Waals surface area contributed by atoms with E-state index in [1.165, 1.54) is 23.8 Å². The maximum Gasteiger partial charge on any atom is 0.319 e. The van der Waals surface area contributed by atoms with Crippen molar-refractivity contribution >= 4 is 39.7 Å². The summed E-state index contributed by atoms with van der Waals surface area (Å²) in [5.74, 6) is -0.981. The van der Waals surface area contributed by atoms with E-state index >= 15 is 0 Å². The highest BCUT2D eigenvalue weighted by molar-refractivity contribution is 8.00. The van der Waals surface area contributed by atoms with Gasteiger partial charge in [0.1, 0.15) is 22.1 Å². The molecule has 1 atom stereocenters. The number of thioether (sulfide) groups is 1. The van der Waals surface area contributed by atoms with Crippen LogP contribution in [-0.4, -0.2) is 32.9 Å². The van der Waals surface area contributed by atoms with E-state index in [-0.39, 0.29) is 16.4 Å². The molecule has 0 saturated heterocycles. The average molecular weight is 411 g/mol. The van der Waals surface area contributed by atoms with Crippen LogP contribution in [0.25, 0.3) is 27.6 Å². The van der Waals surface area contributed by atoms with Crippen molar-refractivity contribution in [1.82, 2.24) is 14.5 Å². The van der Waals surface area contributed by atoms with Gasteiger partial charge in [0.05, 0.1) is 12.8 Å². The van der Waals surface area contributed by atoms with Gasteiger partial charge in [0, 0.05) is 10.9 Å². The summed E-state index contributed by atoms with van der Waals surface area (Å²) < 4.78 is 20.7. The Hall–Kier alpha value is -3.13. The first-order valence-corrected chi connectivity index (χ1v) is 9.96. The normalized spacial score (nSPS) is 12.4. The zero-order chi connectivity index (χ0) is 20.5. The summed E-state index contributed by atoms with van der Waals surface area (Å²) in [5.41, 5.74) is 1.17. The summed E-state index contributed by atoms with van der Waals surface area (Å²) in [5, 5.41) is 0.440. The Bertz CT molecular complexity index is 1280. The van der Waals surface area contributed by atoms with E-state index in [1.54, 1.807) is 12.1 Å². The largest absolute Gasteiger partial charge is 0.468 e. The van der Waals surface area contributed by atoms with Gasteiger partial charge < -0.3 is 9.72 Å². The lowest BCUT2D eigenvalue weighted by atomic mass is 10.2. The number of halogens is 1.